The third-order valence-corrected chi connectivity index (χ3v) is 4.43. The van der Waals surface area contributed by atoms with Crippen LogP contribution in [0.1, 0.15) is 24.0 Å². The van der Waals surface area contributed by atoms with E-state index in [4.69, 9.17) is 4.63 Å². The van der Waals surface area contributed by atoms with Crippen molar-refractivity contribution in [3.63, 3.8) is 0 Å². The van der Waals surface area contributed by atoms with E-state index >= 15 is 0 Å². The van der Waals surface area contributed by atoms with Crippen LogP contribution in [0.25, 0.3) is 11.0 Å². The minimum absolute atomic E-state index is 0.0263. The molecule has 0 saturated carbocycles. The molecule has 4 rings (SSSR count). The SMILES string of the molecule is CNC(C)C1=C(C#N)C(c2cccc3nonc23)c2c[nH]nc2N1. The van der Waals surface area contributed by atoms with Crippen LogP contribution in [0.15, 0.2) is 40.3 Å². The summed E-state index contributed by atoms with van der Waals surface area (Å²) in [5, 5.41) is 31.4. The smallest absolute Gasteiger partial charge is 0.156 e. The van der Waals surface area contributed by atoms with Crippen LogP contribution < -0.4 is 10.6 Å². The minimum Gasteiger partial charge on any atom is -0.340 e. The molecule has 1 aromatic carbocycles. The van der Waals surface area contributed by atoms with Crippen molar-refractivity contribution in [2.24, 2.45) is 0 Å². The van der Waals surface area contributed by atoms with Gasteiger partial charge >= 0.3 is 0 Å². The zero-order chi connectivity index (χ0) is 16.7. The van der Waals surface area contributed by atoms with Crippen LogP contribution >= 0.6 is 0 Å². The fraction of sp³-hybridized carbons (Fsp3) is 0.250. The highest BCUT2D eigenvalue weighted by atomic mass is 16.6. The second kappa shape index (κ2) is 5.47. The van der Waals surface area contributed by atoms with Crippen molar-refractivity contribution in [2.75, 3.05) is 12.4 Å². The summed E-state index contributed by atoms with van der Waals surface area (Å²) in [7, 11) is 1.85. The lowest BCUT2D eigenvalue weighted by atomic mass is 9.81. The summed E-state index contributed by atoms with van der Waals surface area (Å²) in [6.45, 7) is 1.99. The number of anilines is 1. The standard InChI is InChI=1S/C16H15N7O/c1-8(18-2)14-10(6-17)13(11-7-19-21-16(11)20-14)9-4-3-5-12-15(9)23-24-22-12/h3-5,7-8,13,18H,1-2H3,(H2,19,20,21). The predicted octanol–water partition coefficient (Wildman–Crippen LogP) is 1.89. The van der Waals surface area contributed by atoms with Crippen LogP contribution in [0.3, 0.4) is 0 Å². The highest BCUT2D eigenvalue weighted by Crippen LogP contribution is 2.42. The topological polar surface area (TPSA) is 115 Å². The maximum atomic E-state index is 9.86. The molecule has 3 N–H and O–H groups in total. The molecule has 0 amide bonds. The number of nitrogens with one attached hydrogen (secondary N) is 3. The molecule has 1 aliphatic heterocycles. The fourth-order valence-corrected chi connectivity index (χ4v) is 3.12. The first-order valence-electron chi connectivity index (χ1n) is 7.58. The summed E-state index contributed by atoms with van der Waals surface area (Å²) in [4.78, 5) is 0. The predicted molar refractivity (Wildman–Crippen MR) is 87.0 cm³/mol. The Morgan fingerprint density at radius 2 is 2.21 bits per heavy atom. The van der Waals surface area contributed by atoms with E-state index in [1.165, 1.54) is 0 Å². The monoisotopic (exact) mass is 321 g/mol. The van der Waals surface area contributed by atoms with E-state index < -0.39 is 0 Å². The third-order valence-electron chi connectivity index (χ3n) is 4.43. The molecule has 2 atom stereocenters. The number of nitriles is 1. The van der Waals surface area contributed by atoms with Gasteiger partial charge in [-0.25, -0.2) is 4.63 Å². The van der Waals surface area contributed by atoms with Crippen LogP contribution in [0.5, 0.6) is 0 Å². The maximum Gasteiger partial charge on any atom is 0.156 e. The number of likely N-dealkylation sites (N-methyl/N-ethyl adjacent to an activating group) is 1. The van der Waals surface area contributed by atoms with Crippen LogP contribution in [0.4, 0.5) is 5.82 Å². The van der Waals surface area contributed by atoms with Gasteiger partial charge in [0.1, 0.15) is 11.0 Å². The molecule has 2 unspecified atom stereocenters. The van der Waals surface area contributed by atoms with Crippen LogP contribution in [-0.2, 0) is 0 Å². The number of allylic oxidation sites excluding steroid dienone is 1. The van der Waals surface area contributed by atoms with Crippen LogP contribution in [-0.4, -0.2) is 33.6 Å². The van der Waals surface area contributed by atoms with Gasteiger partial charge in [0.2, 0.25) is 0 Å². The number of nitrogens with zero attached hydrogens (tertiary/aromatic N) is 4. The lowest BCUT2D eigenvalue weighted by molar-refractivity contribution is 0.315. The summed E-state index contributed by atoms with van der Waals surface area (Å²) < 4.78 is 4.88. The van der Waals surface area contributed by atoms with Crippen molar-refractivity contribution >= 4 is 16.9 Å². The lowest BCUT2D eigenvalue weighted by Crippen LogP contribution is -2.32. The molecular weight excluding hydrogens is 306 g/mol. The average molecular weight is 321 g/mol. The van der Waals surface area contributed by atoms with Gasteiger partial charge in [0, 0.05) is 23.5 Å². The summed E-state index contributed by atoms with van der Waals surface area (Å²) in [5.41, 5.74) is 4.51. The van der Waals surface area contributed by atoms with E-state index in [-0.39, 0.29) is 12.0 Å². The number of H-pyrrole nitrogens is 1. The molecule has 1 aliphatic rings. The molecule has 0 aliphatic carbocycles. The van der Waals surface area contributed by atoms with E-state index in [2.05, 4.69) is 37.2 Å². The van der Waals surface area contributed by atoms with E-state index in [1.807, 2.05) is 32.2 Å². The molecule has 2 aromatic heterocycles. The Labute approximate surface area is 137 Å². The first kappa shape index (κ1) is 14.4. The number of benzene rings is 1. The lowest BCUT2D eigenvalue weighted by Gasteiger charge is -2.28. The molecule has 24 heavy (non-hydrogen) atoms. The van der Waals surface area contributed by atoms with Gasteiger partial charge in [-0.1, -0.05) is 12.1 Å². The average Bonchev–Trinajstić information content (AvgIpc) is 3.27. The Bertz CT molecular complexity index is 978. The van der Waals surface area contributed by atoms with Crippen molar-refractivity contribution in [1.82, 2.24) is 25.8 Å². The zero-order valence-corrected chi connectivity index (χ0v) is 13.2. The molecular formula is C16H15N7O. The molecule has 0 saturated heterocycles. The van der Waals surface area contributed by atoms with Gasteiger partial charge in [0.15, 0.2) is 5.82 Å². The number of fused-ring (bicyclic) bond motifs is 2. The largest absolute Gasteiger partial charge is 0.340 e. The summed E-state index contributed by atoms with van der Waals surface area (Å²) in [6, 6.07) is 8.00. The minimum atomic E-state index is -0.286. The fourth-order valence-electron chi connectivity index (χ4n) is 3.12. The molecule has 3 heterocycles. The maximum absolute atomic E-state index is 9.86. The van der Waals surface area contributed by atoms with Gasteiger partial charge in [-0.2, -0.15) is 10.4 Å². The first-order chi connectivity index (χ1) is 11.7. The van der Waals surface area contributed by atoms with Crippen LogP contribution in [0.2, 0.25) is 0 Å². The van der Waals surface area contributed by atoms with Crippen molar-refractivity contribution in [1.29, 1.82) is 5.26 Å². The van der Waals surface area contributed by atoms with E-state index in [0.29, 0.717) is 22.4 Å². The Morgan fingerprint density at radius 3 is 3.00 bits per heavy atom. The number of hydrogen-bond donors (Lipinski definition) is 3. The highest BCUT2D eigenvalue weighted by molar-refractivity contribution is 5.80. The van der Waals surface area contributed by atoms with Gasteiger partial charge in [0.25, 0.3) is 0 Å². The van der Waals surface area contributed by atoms with Crippen molar-refractivity contribution in [3.8, 4) is 6.07 Å². The van der Waals surface area contributed by atoms with E-state index in [9.17, 15) is 5.26 Å². The Morgan fingerprint density at radius 1 is 1.33 bits per heavy atom. The van der Waals surface area contributed by atoms with Gasteiger partial charge < -0.3 is 10.6 Å². The second-order valence-corrected chi connectivity index (χ2v) is 5.68. The number of hydrogen-bond acceptors (Lipinski definition) is 7. The summed E-state index contributed by atoms with van der Waals surface area (Å²) in [6.07, 6.45) is 1.80. The molecule has 8 nitrogen and oxygen atoms in total. The molecule has 0 fully saturated rings. The van der Waals surface area contributed by atoms with E-state index in [1.54, 1.807) is 6.20 Å². The van der Waals surface area contributed by atoms with Crippen molar-refractivity contribution < 1.29 is 4.63 Å². The summed E-state index contributed by atoms with van der Waals surface area (Å²) >= 11 is 0. The second-order valence-electron chi connectivity index (χ2n) is 5.68. The normalized spacial score (nSPS) is 18.1. The highest BCUT2D eigenvalue weighted by Gasteiger charge is 2.34. The Kier molecular flexibility index (Phi) is 3.29. The molecule has 0 spiro atoms. The van der Waals surface area contributed by atoms with Crippen LogP contribution in [0, 0.1) is 11.3 Å². The van der Waals surface area contributed by atoms with E-state index in [0.717, 1.165) is 16.8 Å². The number of aromatic amines is 1. The van der Waals surface area contributed by atoms with Gasteiger partial charge in [-0.3, -0.25) is 5.10 Å². The molecule has 120 valence electrons. The van der Waals surface area contributed by atoms with Gasteiger partial charge in [0.05, 0.1) is 17.6 Å². The Balaban J connectivity index is 2.00. The zero-order valence-electron chi connectivity index (χ0n) is 13.2. The van der Waals surface area contributed by atoms with Gasteiger partial charge in [-0.15, -0.1) is 0 Å². The van der Waals surface area contributed by atoms with Crippen molar-refractivity contribution in [2.45, 2.75) is 18.9 Å². The Hall–Kier alpha value is -3.18. The first-order valence-corrected chi connectivity index (χ1v) is 7.58. The number of aromatic nitrogens is 4. The molecule has 3 aromatic rings. The summed E-state index contributed by atoms with van der Waals surface area (Å²) in [5.74, 6) is 0.427. The van der Waals surface area contributed by atoms with Gasteiger partial charge in [-0.05, 0) is 35.9 Å². The van der Waals surface area contributed by atoms with Crippen molar-refractivity contribution in [3.05, 3.63) is 46.8 Å². The molecule has 8 heteroatoms. The number of rotatable bonds is 3. The quantitative estimate of drug-likeness (QED) is 0.674. The molecule has 0 bridgehead atoms. The molecule has 0 radical (unpaired) electrons. The third kappa shape index (κ3) is 1.99.